The number of hydrogen-bond donors (Lipinski definition) is 2. The fraction of sp³-hybridized carbons (Fsp3) is 0.318. The molecule has 0 aliphatic heterocycles. The first-order chi connectivity index (χ1) is 14.8. The summed E-state index contributed by atoms with van der Waals surface area (Å²) < 4.78 is 0. The second kappa shape index (κ2) is 12.2. The predicted octanol–water partition coefficient (Wildman–Crippen LogP) is 4.01. The highest BCUT2D eigenvalue weighted by molar-refractivity contribution is 6.39. The Bertz CT molecular complexity index is 889. The van der Waals surface area contributed by atoms with Gasteiger partial charge in [-0.1, -0.05) is 59.6 Å². The fourth-order valence-electron chi connectivity index (χ4n) is 2.85. The van der Waals surface area contributed by atoms with Crippen molar-refractivity contribution in [1.82, 2.24) is 15.1 Å². The zero-order valence-corrected chi connectivity index (χ0v) is 19.0. The van der Waals surface area contributed by atoms with Gasteiger partial charge in [0.05, 0.1) is 22.3 Å². The Morgan fingerprint density at radius 2 is 1.48 bits per heavy atom. The number of likely N-dealkylation sites (N-methyl/N-ethyl adjacent to an activating group) is 2. The Morgan fingerprint density at radius 1 is 0.871 bits per heavy atom. The van der Waals surface area contributed by atoms with E-state index in [0.29, 0.717) is 28.8 Å². The first-order valence-corrected chi connectivity index (χ1v) is 10.7. The predicted molar refractivity (Wildman–Crippen MR) is 123 cm³/mol. The van der Waals surface area contributed by atoms with Crippen LogP contribution in [0, 0.1) is 0 Å². The first kappa shape index (κ1) is 24.5. The van der Waals surface area contributed by atoms with Crippen molar-refractivity contribution in [2.24, 2.45) is 0 Å². The van der Waals surface area contributed by atoms with Crippen LogP contribution in [0.5, 0.6) is 0 Å². The van der Waals surface area contributed by atoms with Crippen molar-refractivity contribution in [3.05, 3.63) is 64.1 Å². The van der Waals surface area contributed by atoms with Crippen LogP contribution in [-0.4, -0.2) is 53.8 Å². The molecule has 4 amide bonds. The Labute approximate surface area is 192 Å². The lowest BCUT2D eigenvalue weighted by molar-refractivity contribution is -0.130. The third kappa shape index (κ3) is 7.45. The van der Waals surface area contributed by atoms with Gasteiger partial charge in [0.15, 0.2) is 0 Å². The highest BCUT2D eigenvalue weighted by atomic mass is 35.5. The van der Waals surface area contributed by atoms with E-state index in [1.807, 2.05) is 37.3 Å². The minimum absolute atomic E-state index is 0.159. The molecular weight excluding hydrogens is 439 g/mol. The molecule has 0 saturated heterocycles. The van der Waals surface area contributed by atoms with Crippen molar-refractivity contribution >= 4 is 46.7 Å². The third-order valence-corrected chi connectivity index (χ3v) is 5.20. The van der Waals surface area contributed by atoms with E-state index >= 15 is 0 Å². The van der Waals surface area contributed by atoms with E-state index in [4.69, 9.17) is 23.2 Å². The van der Waals surface area contributed by atoms with E-state index in [-0.39, 0.29) is 25.5 Å². The van der Waals surface area contributed by atoms with Crippen LogP contribution in [0.3, 0.4) is 0 Å². The molecule has 9 heteroatoms. The van der Waals surface area contributed by atoms with E-state index in [1.165, 1.54) is 4.90 Å². The monoisotopic (exact) mass is 464 g/mol. The summed E-state index contributed by atoms with van der Waals surface area (Å²) in [6, 6.07) is 14.0. The minimum Gasteiger partial charge on any atom is -0.337 e. The molecular formula is C22H26Cl2N4O3. The van der Waals surface area contributed by atoms with Gasteiger partial charge in [-0.2, -0.15) is 0 Å². The molecule has 166 valence electrons. The van der Waals surface area contributed by atoms with Gasteiger partial charge in [-0.05, 0) is 31.5 Å². The Kier molecular flexibility index (Phi) is 9.62. The molecule has 0 aliphatic rings. The number of amides is 4. The summed E-state index contributed by atoms with van der Waals surface area (Å²) in [6.45, 7) is 4.52. The zero-order valence-electron chi connectivity index (χ0n) is 17.5. The smallest absolute Gasteiger partial charge is 0.318 e. The van der Waals surface area contributed by atoms with Gasteiger partial charge in [-0.25, -0.2) is 4.79 Å². The largest absolute Gasteiger partial charge is 0.337 e. The number of anilines is 1. The summed E-state index contributed by atoms with van der Waals surface area (Å²) in [6.07, 6.45) is 0. The number of urea groups is 1. The summed E-state index contributed by atoms with van der Waals surface area (Å²) in [7, 11) is 0. The molecule has 2 N–H and O–H groups in total. The van der Waals surface area contributed by atoms with E-state index in [2.05, 4.69) is 10.6 Å². The zero-order chi connectivity index (χ0) is 22.8. The van der Waals surface area contributed by atoms with Gasteiger partial charge in [0, 0.05) is 19.6 Å². The molecule has 0 aromatic heterocycles. The van der Waals surface area contributed by atoms with Crippen LogP contribution in [0.25, 0.3) is 0 Å². The second-order valence-corrected chi connectivity index (χ2v) is 7.53. The van der Waals surface area contributed by atoms with Crippen LogP contribution in [0.4, 0.5) is 10.5 Å². The number of halogens is 2. The maximum absolute atomic E-state index is 12.5. The van der Waals surface area contributed by atoms with Gasteiger partial charge >= 0.3 is 6.03 Å². The molecule has 2 aromatic rings. The molecule has 0 radical (unpaired) electrons. The maximum atomic E-state index is 12.5. The average molecular weight is 465 g/mol. The fourth-order valence-corrected chi connectivity index (χ4v) is 3.34. The number of rotatable bonds is 9. The summed E-state index contributed by atoms with van der Waals surface area (Å²) >= 11 is 12.1. The van der Waals surface area contributed by atoms with Crippen molar-refractivity contribution < 1.29 is 14.4 Å². The van der Waals surface area contributed by atoms with E-state index < -0.39 is 11.9 Å². The van der Waals surface area contributed by atoms with Crippen LogP contribution in [-0.2, 0) is 16.1 Å². The normalized spacial score (nSPS) is 10.3. The Balaban J connectivity index is 1.88. The lowest BCUT2D eigenvalue weighted by atomic mass is 10.2. The van der Waals surface area contributed by atoms with Gasteiger partial charge in [-0.3, -0.25) is 9.59 Å². The maximum Gasteiger partial charge on any atom is 0.318 e. The highest BCUT2D eigenvalue weighted by Gasteiger charge is 2.19. The minimum atomic E-state index is -0.507. The molecule has 0 aliphatic carbocycles. The van der Waals surface area contributed by atoms with Crippen molar-refractivity contribution in [3.63, 3.8) is 0 Å². The van der Waals surface area contributed by atoms with Crippen LogP contribution < -0.4 is 10.6 Å². The topological polar surface area (TPSA) is 81.8 Å². The highest BCUT2D eigenvalue weighted by Crippen LogP contribution is 2.29. The Hall–Kier alpha value is -2.77. The van der Waals surface area contributed by atoms with Gasteiger partial charge in [0.2, 0.25) is 11.8 Å². The number of para-hydroxylation sites is 1. The second-order valence-electron chi connectivity index (χ2n) is 6.71. The van der Waals surface area contributed by atoms with Crippen molar-refractivity contribution in [2.75, 3.05) is 31.5 Å². The van der Waals surface area contributed by atoms with Gasteiger partial charge < -0.3 is 20.4 Å². The molecule has 0 saturated carbocycles. The van der Waals surface area contributed by atoms with Crippen molar-refractivity contribution in [1.29, 1.82) is 0 Å². The molecule has 7 nitrogen and oxygen atoms in total. The Morgan fingerprint density at radius 3 is 2.06 bits per heavy atom. The van der Waals surface area contributed by atoms with E-state index in [9.17, 15) is 14.4 Å². The lowest BCUT2D eigenvalue weighted by Crippen LogP contribution is -2.47. The van der Waals surface area contributed by atoms with Crippen LogP contribution in [0.2, 0.25) is 10.0 Å². The number of hydrogen-bond acceptors (Lipinski definition) is 3. The van der Waals surface area contributed by atoms with Gasteiger partial charge in [0.1, 0.15) is 6.54 Å². The SMILES string of the molecule is CCN(Cc1ccccc1)C(=O)CNC(=O)N(CC)CC(=O)Nc1c(Cl)cccc1Cl. The average Bonchev–Trinajstić information content (AvgIpc) is 2.77. The van der Waals surface area contributed by atoms with Crippen molar-refractivity contribution in [3.8, 4) is 0 Å². The number of carbonyl (C=O) groups excluding carboxylic acids is 3. The summed E-state index contributed by atoms with van der Waals surface area (Å²) in [5.41, 5.74) is 1.30. The third-order valence-electron chi connectivity index (χ3n) is 4.57. The molecule has 2 rings (SSSR count). The molecule has 0 unspecified atom stereocenters. The molecule has 0 atom stereocenters. The number of carbonyl (C=O) groups is 3. The van der Waals surface area contributed by atoms with E-state index in [1.54, 1.807) is 30.0 Å². The molecule has 0 spiro atoms. The molecule has 31 heavy (non-hydrogen) atoms. The molecule has 0 fully saturated rings. The summed E-state index contributed by atoms with van der Waals surface area (Å²) in [4.78, 5) is 40.3. The molecule has 0 heterocycles. The van der Waals surface area contributed by atoms with Gasteiger partial charge in [0.25, 0.3) is 0 Å². The summed E-state index contributed by atoms with van der Waals surface area (Å²) in [5.74, 6) is -0.652. The standard InChI is InChI=1S/C22H26Cl2N4O3/c1-3-27(14-16-9-6-5-7-10-16)20(30)13-25-22(31)28(4-2)15-19(29)26-21-17(23)11-8-12-18(21)24/h5-12H,3-4,13-15H2,1-2H3,(H,25,31)(H,26,29). The molecule has 2 aromatic carbocycles. The quantitative estimate of drug-likeness (QED) is 0.587. The number of nitrogens with zero attached hydrogens (tertiary/aromatic N) is 2. The van der Waals surface area contributed by atoms with Gasteiger partial charge in [-0.15, -0.1) is 0 Å². The molecule has 0 bridgehead atoms. The van der Waals surface area contributed by atoms with Crippen LogP contribution in [0.1, 0.15) is 19.4 Å². The van der Waals surface area contributed by atoms with E-state index in [0.717, 1.165) is 5.56 Å². The van der Waals surface area contributed by atoms with Crippen LogP contribution in [0.15, 0.2) is 48.5 Å². The number of benzene rings is 2. The lowest BCUT2D eigenvalue weighted by Gasteiger charge is -2.24. The number of nitrogens with one attached hydrogen (secondary N) is 2. The summed E-state index contributed by atoms with van der Waals surface area (Å²) in [5, 5.41) is 5.81. The first-order valence-electron chi connectivity index (χ1n) is 9.94. The van der Waals surface area contributed by atoms with Crippen LogP contribution >= 0.6 is 23.2 Å². The van der Waals surface area contributed by atoms with Crippen molar-refractivity contribution in [2.45, 2.75) is 20.4 Å².